The molecule has 6 nitrogen and oxygen atoms in total. The van der Waals surface area contributed by atoms with E-state index in [4.69, 9.17) is 14.2 Å². The van der Waals surface area contributed by atoms with Gasteiger partial charge in [-0.2, -0.15) is 0 Å². The first kappa shape index (κ1) is 73.5. The van der Waals surface area contributed by atoms with Crippen molar-refractivity contribution in [1.29, 1.82) is 0 Å². The summed E-state index contributed by atoms with van der Waals surface area (Å²) >= 11 is 0. The molecule has 442 valence electrons. The molecule has 0 aromatic carbocycles. The Morgan fingerprint density at radius 1 is 0.269 bits per heavy atom. The van der Waals surface area contributed by atoms with Crippen molar-refractivity contribution in [2.45, 2.75) is 290 Å². The fourth-order valence-corrected chi connectivity index (χ4v) is 8.61. The average Bonchev–Trinajstić information content (AvgIpc) is 3.44. The maximum Gasteiger partial charge on any atom is 0.306 e. The molecule has 0 saturated heterocycles. The van der Waals surface area contributed by atoms with E-state index in [1.54, 1.807) is 0 Å². The van der Waals surface area contributed by atoms with Gasteiger partial charge in [-0.25, -0.2) is 0 Å². The third-order valence-corrected chi connectivity index (χ3v) is 13.4. The zero-order chi connectivity index (χ0) is 56.4. The Morgan fingerprint density at radius 3 is 0.821 bits per heavy atom. The summed E-state index contributed by atoms with van der Waals surface area (Å²) in [6, 6.07) is 0. The van der Waals surface area contributed by atoms with Crippen LogP contribution in [0.5, 0.6) is 0 Å². The van der Waals surface area contributed by atoms with E-state index in [1.165, 1.54) is 116 Å². The summed E-state index contributed by atoms with van der Waals surface area (Å²) in [6.45, 7) is 6.37. The number of carbonyl (C=O) groups is 3. The van der Waals surface area contributed by atoms with Crippen molar-refractivity contribution in [3.8, 4) is 0 Å². The summed E-state index contributed by atoms with van der Waals surface area (Å²) in [7, 11) is 0. The quantitative estimate of drug-likeness (QED) is 0.0261. The van der Waals surface area contributed by atoms with Crippen LogP contribution in [0.3, 0.4) is 0 Å². The molecule has 0 fully saturated rings. The first-order chi connectivity index (χ1) is 38.5. The monoisotopic (exact) mass is 1080 g/mol. The molecule has 1 atom stereocenters. The molecular weight excluding hydrogens is 961 g/mol. The van der Waals surface area contributed by atoms with Gasteiger partial charge in [-0.1, -0.05) is 264 Å². The Morgan fingerprint density at radius 2 is 0.500 bits per heavy atom. The van der Waals surface area contributed by atoms with Gasteiger partial charge < -0.3 is 14.2 Å². The van der Waals surface area contributed by atoms with Crippen molar-refractivity contribution < 1.29 is 28.6 Å². The fourth-order valence-electron chi connectivity index (χ4n) is 8.61. The van der Waals surface area contributed by atoms with Crippen LogP contribution in [0, 0.1) is 0 Å². The van der Waals surface area contributed by atoms with Crippen LogP contribution < -0.4 is 0 Å². The van der Waals surface area contributed by atoms with Crippen molar-refractivity contribution in [2.24, 2.45) is 0 Å². The van der Waals surface area contributed by atoms with Gasteiger partial charge in [-0.15, -0.1) is 0 Å². The van der Waals surface area contributed by atoms with Crippen LogP contribution in [0.25, 0.3) is 0 Å². The number of hydrogen-bond donors (Lipinski definition) is 0. The lowest BCUT2D eigenvalue weighted by Crippen LogP contribution is -2.30. The molecule has 0 heterocycles. The molecule has 0 aromatic heterocycles. The smallest absolute Gasteiger partial charge is 0.306 e. The summed E-state index contributed by atoms with van der Waals surface area (Å²) < 4.78 is 16.9. The van der Waals surface area contributed by atoms with Crippen LogP contribution in [0.2, 0.25) is 0 Å². The lowest BCUT2D eigenvalue weighted by molar-refractivity contribution is -0.167. The van der Waals surface area contributed by atoms with Gasteiger partial charge in [0.25, 0.3) is 0 Å². The second-order valence-corrected chi connectivity index (χ2v) is 20.9. The molecule has 0 spiro atoms. The summed E-state index contributed by atoms with van der Waals surface area (Å²) in [5, 5.41) is 0. The van der Waals surface area contributed by atoms with Gasteiger partial charge in [0, 0.05) is 19.3 Å². The number of allylic oxidation sites excluding steroid dienone is 22. The molecule has 0 aliphatic rings. The third-order valence-electron chi connectivity index (χ3n) is 13.4. The van der Waals surface area contributed by atoms with Gasteiger partial charge in [-0.3, -0.25) is 14.4 Å². The second-order valence-electron chi connectivity index (χ2n) is 20.9. The maximum absolute atomic E-state index is 12.9. The van der Waals surface area contributed by atoms with Gasteiger partial charge in [0.2, 0.25) is 0 Å². The fraction of sp³-hybridized carbons (Fsp3) is 0.653. The van der Waals surface area contributed by atoms with Gasteiger partial charge in [0.05, 0.1) is 0 Å². The van der Waals surface area contributed by atoms with E-state index in [0.717, 1.165) is 128 Å². The highest BCUT2D eigenvalue weighted by molar-refractivity contribution is 5.71. The van der Waals surface area contributed by atoms with E-state index in [1.807, 2.05) is 0 Å². The summed E-state index contributed by atoms with van der Waals surface area (Å²) in [5.74, 6) is -0.953. The molecule has 0 bridgehead atoms. The first-order valence-electron chi connectivity index (χ1n) is 32.2. The predicted octanol–water partition coefficient (Wildman–Crippen LogP) is 22.2. The maximum atomic E-state index is 12.9. The minimum atomic E-state index is -0.807. The largest absolute Gasteiger partial charge is 0.462 e. The molecule has 0 aliphatic carbocycles. The molecule has 78 heavy (non-hydrogen) atoms. The summed E-state index contributed by atoms with van der Waals surface area (Å²) in [4.78, 5) is 38.3. The van der Waals surface area contributed by atoms with Gasteiger partial charge in [0.1, 0.15) is 13.2 Å². The zero-order valence-electron chi connectivity index (χ0n) is 50.6. The van der Waals surface area contributed by atoms with Crippen LogP contribution in [0.15, 0.2) is 134 Å². The van der Waals surface area contributed by atoms with E-state index in [-0.39, 0.29) is 31.1 Å². The first-order valence-corrected chi connectivity index (χ1v) is 32.2. The summed E-state index contributed by atoms with van der Waals surface area (Å²) in [5.41, 5.74) is 0. The minimum absolute atomic E-state index is 0.101. The molecule has 1 unspecified atom stereocenters. The number of hydrogen-bond acceptors (Lipinski definition) is 6. The third kappa shape index (κ3) is 62.4. The van der Waals surface area contributed by atoms with Crippen molar-refractivity contribution >= 4 is 17.9 Å². The molecule has 0 radical (unpaired) electrons. The Balaban J connectivity index is 4.41. The van der Waals surface area contributed by atoms with Crippen molar-refractivity contribution in [3.63, 3.8) is 0 Å². The van der Waals surface area contributed by atoms with Crippen LogP contribution >= 0.6 is 0 Å². The van der Waals surface area contributed by atoms with Crippen LogP contribution in [0.4, 0.5) is 0 Å². The van der Waals surface area contributed by atoms with Crippen molar-refractivity contribution in [3.05, 3.63) is 134 Å². The normalized spacial score (nSPS) is 13.0. The van der Waals surface area contributed by atoms with E-state index < -0.39 is 6.10 Å². The van der Waals surface area contributed by atoms with E-state index in [2.05, 4.69) is 154 Å². The van der Waals surface area contributed by atoms with Crippen LogP contribution in [-0.4, -0.2) is 37.2 Å². The van der Waals surface area contributed by atoms with E-state index in [9.17, 15) is 14.4 Å². The van der Waals surface area contributed by atoms with Gasteiger partial charge in [0.15, 0.2) is 6.10 Å². The van der Waals surface area contributed by atoms with Gasteiger partial charge >= 0.3 is 17.9 Å². The topological polar surface area (TPSA) is 78.9 Å². The van der Waals surface area contributed by atoms with Crippen LogP contribution in [-0.2, 0) is 28.6 Å². The Bertz CT molecular complexity index is 1670. The number of ether oxygens (including phenoxy) is 3. The predicted molar refractivity (Wildman–Crippen MR) is 339 cm³/mol. The SMILES string of the molecule is CC/C=C\C/C=C\C/C=C\C/C=C\C/C=C\C/C=C\CCCCCCCCCCC(=O)OCC(COC(=O)CCCC/C=C\C/C=C\C/C=C\C/C=C\CC)OC(=O)CCCCCCCCC/C=C\CCCCCCCCC. The highest BCUT2D eigenvalue weighted by atomic mass is 16.6. The lowest BCUT2D eigenvalue weighted by atomic mass is 10.1. The standard InChI is InChI=1S/C72H118O6/c1-4-7-10-13-16-19-22-25-28-30-32-33-34-35-36-37-38-39-40-42-44-47-50-53-56-59-62-65-71(74)77-68-69(67-76-70(73)64-61-58-55-52-49-46-43-27-24-21-18-15-12-9-6-3)78-72(75)66-63-60-57-54-51-48-45-41-31-29-26-23-20-17-14-11-8-5-2/h7,9-10,12,16,18-19,21,25,27-29,31-33,35-36,38-39,43,49,52,69H,4-6,8,11,13-15,17,20,22-24,26,30,34,37,40-42,44-48,50-51,53-68H2,1-3H3/b10-7-,12-9-,19-16-,21-18-,28-25-,31-29-,33-32-,36-35-,39-38-,43-27-,52-49-. The molecule has 0 aromatic rings. The lowest BCUT2D eigenvalue weighted by Gasteiger charge is -2.18. The number of unbranched alkanes of at least 4 members (excludes halogenated alkanes) is 24. The number of carbonyl (C=O) groups excluding carboxylic acids is 3. The molecule has 0 N–H and O–H groups in total. The zero-order valence-corrected chi connectivity index (χ0v) is 50.6. The molecule has 0 saturated carbocycles. The molecule has 0 aliphatic heterocycles. The van der Waals surface area contributed by atoms with E-state index in [0.29, 0.717) is 19.3 Å². The summed E-state index contributed by atoms with van der Waals surface area (Å²) in [6.07, 6.45) is 91.7. The van der Waals surface area contributed by atoms with E-state index >= 15 is 0 Å². The number of rotatable bonds is 57. The Labute approximate surface area is 481 Å². The Hall–Kier alpha value is -4.45. The number of esters is 3. The second kappa shape index (κ2) is 65.1. The average molecular weight is 1080 g/mol. The van der Waals surface area contributed by atoms with Crippen LogP contribution in [0.1, 0.15) is 284 Å². The highest BCUT2D eigenvalue weighted by Crippen LogP contribution is 2.15. The molecular formula is C72H118O6. The molecule has 6 heteroatoms. The highest BCUT2D eigenvalue weighted by Gasteiger charge is 2.19. The Kier molecular flexibility index (Phi) is 61.4. The minimum Gasteiger partial charge on any atom is -0.462 e. The molecule has 0 amide bonds. The van der Waals surface area contributed by atoms with Crippen molar-refractivity contribution in [2.75, 3.05) is 13.2 Å². The molecule has 0 rings (SSSR count). The van der Waals surface area contributed by atoms with Gasteiger partial charge in [-0.05, 0) is 135 Å². The van der Waals surface area contributed by atoms with Crippen molar-refractivity contribution in [1.82, 2.24) is 0 Å².